The third-order valence-corrected chi connectivity index (χ3v) is 2.19. The minimum Gasteiger partial charge on any atom is -0.323 e. The van der Waals surface area contributed by atoms with E-state index < -0.39 is 0 Å². The smallest absolute Gasteiger partial charge is 0.273 e. The maximum Gasteiger partial charge on any atom is 0.273 e. The molecule has 1 fully saturated rings. The second-order valence-corrected chi connectivity index (χ2v) is 3.07. The Morgan fingerprint density at radius 2 is 2.54 bits per heavy atom. The first-order chi connectivity index (χ1) is 6.29. The summed E-state index contributed by atoms with van der Waals surface area (Å²) in [5.41, 5.74) is 0.642. The van der Waals surface area contributed by atoms with Gasteiger partial charge in [0.25, 0.3) is 5.91 Å². The quantitative estimate of drug-likeness (QED) is 0.629. The number of aromatic nitrogens is 2. The lowest BCUT2D eigenvalue weighted by Crippen LogP contribution is -2.31. The van der Waals surface area contributed by atoms with Gasteiger partial charge in [-0.2, -0.15) is 5.10 Å². The van der Waals surface area contributed by atoms with Gasteiger partial charge < -0.3 is 4.90 Å². The molecule has 5 heteroatoms. The number of carbonyl (C=O) groups is 1. The molecule has 2 heterocycles. The molecule has 70 valence electrons. The Kier molecular flexibility index (Phi) is 2.02. The van der Waals surface area contributed by atoms with Crippen LogP contribution in [0.2, 0.25) is 0 Å². The highest BCUT2D eigenvalue weighted by atomic mass is 16.2. The van der Waals surface area contributed by atoms with E-state index in [9.17, 15) is 4.79 Å². The number of nitrogens with zero attached hydrogens (tertiary/aromatic N) is 3. The fourth-order valence-electron chi connectivity index (χ4n) is 1.43. The van der Waals surface area contributed by atoms with E-state index >= 15 is 0 Å². The Balaban J connectivity index is 2.17. The van der Waals surface area contributed by atoms with Crippen LogP contribution in [0, 0.1) is 0 Å². The van der Waals surface area contributed by atoms with Crippen molar-refractivity contribution in [3.63, 3.8) is 0 Å². The van der Waals surface area contributed by atoms with Crippen LogP contribution in [-0.2, 0) is 7.05 Å². The fourth-order valence-corrected chi connectivity index (χ4v) is 1.43. The summed E-state index contributed by atoms with van der Waals surface area (Å²) in [5, 5.41) is 7.07. The molecule has 0 bridgehead atoms. The van der Waals surface area contributed by atoms with E-state index in [0.29, 0.717) is 12.4 Å². The maximum atomic E-state index is 11.8. The highest BCUT2D eigenvalue weighted by Gasteiger charge is 2.20. The van der Waals surface area contributed by atoms with Gasteiger partial charge in [0.1, 0.15) is 5.69 Å². The molecule has 1 aliphatic heterocycles. The van der Waals surface area contributed by atoms with Crippen molar-refractivity contribution in [3.8, 4) is 0 Å². The molecule has 1 aromatic rings. The van der Waals surface area contributed by atoms with Crippen molar-refractivity contribution in [2.75, 3.05) is 19.8 Å². The second-order valence-electron chi connectivity index (χ2n) is 3.07. The summed E-state index contributed by atoms with van der Waals surface area (Å²) in [7, 11) is 1.77. The van der Waals surface area contributed by atoms with Crippen molar-refractivity contribution in [2.24, 2.45) is 7.05 Å². The molecule has 0 atom stereocenters. The summed E-state index contributed by atoms with van der Waals surface area (Å²) < 4.78 is 1.60. The largest absolute Gasteiger partial charge is 0.323 e. The van der Waals surface area contributed by atoms with Gasteiger partial charge in [0, 0.05) is 26.3 Å². The van der Waals surface area contributed by atoms with Gasteiger partial charge in [-0.05, 0) is 6.07 Å². The second kappa shape index (κ2) is 3.18. The maximum absolute atomic E-state index is 11.8. The molecule has 0 aliphatic carbocycles. The summed E-state index contributed by atoms with van der Waals surface area (Å²) >= 11 is 0. The van der Waals surface area contributed by atoms with Crippen LogP contribution in [0.4, 0.5) is 0 Å². The number of hydrogen-bond acceptors (Lipinski definition) is 3. The van der Waals surface area contributed by atoms with Gasteiger partial charge in [0.2, 0.25) is 0 Å². The Morgan fingerprint density at radius 1 is 1.69 bits per heavy atom. The lowest BCUT2D eigenvalue weighted by molar-refractivity contribution is 0.0780. The van der Waals surface area contributed by atoms with Gasteiger partial charge in [-0.3, -0.25) is 14.8 Å². The van der Waals surface area contributed by atoms with Gasteiger partial charge in [0.05, 0.1) is 6.67 Å². The average Bonchev–Trinajstić information content (AvgIpc) is 2.72. The van der Waals surface area contributed by atoms with E-state index in [0.717, 1.165) is 13.1 Å². The van der Waals surface area contributed by atoms with Crippen LogP contribution in [0.25, 0.3) is 0 Å². The summed E-state index contributed by atoms with van der Waals surface area (Å²) in [6.45, 7) is 2.30. The van der Waals surface area contributed by atoms with E-state index in [2.05, 4.69) is 10.4 Å². The third-order valence-electron chi connectivity index (χ3n) is 2.19. The van der Waals surface area contributed by atoms with E-state index in [1.165, 1.54) is 0 Å². The Hall–Kier alpha value is -1.36. The summed E-state index contributed by atoms with van der Waals surface area (Å²) in [4.78, 5) is 13.5. The zero-order valence-electron chi connectivity index (χ0n) is 7.53. The number of hydrogen-bond donors (Lipinski definition) is 1. The van der Waals surface area contributed by atoms with E-state index in [-0.39, 0.29) is 5.91 Å². The van der Waals surface area contributed by atoms with Crippen LogP contribution in [0.1, 0.15) is 10.5 Å². The molecule has 1 saturated heterocycles. The highest BCUT2D eigenvalue weighted by molar-refractivity contribution is 5.92. The predicted octanol–water partition coefficient (Wildman–Crippen LogP) is -0.577. The minimum absolute atomic E-state index is 0.0463. The van der Waals surface area contributed by atoms with Crippen molar-refractivity contribution >= 4 is 5.91 Å². The molecule has 0 unspecified atom stereocenters. The number of nitrogens with one attached hydrogen (secondary N) is 1. The first-order valence-corrected chi connectivity index (χ1v) is 4.27. The predicted molar refractivity (Wildman–Crippen MR) is 47.1 cm³/mol. The molecule has 0 spiro atoms. The van der Waals surface area contributed by atoms with Gasteiger partial charge in [-0.1, -0.05) is 0 Å². The first kappa shape index (κ1) is 8.25. The van der Waals surface area contributed by atoms with Crippen LogP contribution in [0.15, 0.2) is 12.3 Å². The van der Waals surface area contributed by atoms with Crippen molar-refractivity contribution < 1.29 is 4.79 Å². The molecule has 1 N–H and O–H groups in total. The van der Waals surface area contributed by atoms with Crippen molar-refractivity contribution in [2.45, 2.75) is 0 Å². The van der Waals surface area contributed by atoms with Crippen molar-refractivity contribution in [3.05, 3.63) is 18.0 Å². The van der Waals surface area contributed by atoms with Crippen LogP contribution >= 0.6 is 0 Å². The van der Waals surface area contributed by atoms with Crippen molar-refractivity contribution in [1.29, 1.82) is 0 Å². The highest BCUT2D eigenvalue weighted by Crippen LogP contribution is 2.04. The lowest BCUT2D eigenvalue weighted by atomic mass is 10.4. The number of aryl methyl sites for hydroxylation is 1. The summed E-state index contributed by atoms with van der Waals surface area (Å²) in [6, 6.07) is 1.74. The molecule has 0 saturated carbocycles. The molecular formula is C8H12N4O. The average molecular weight is 180 g/mol. The molecule has 0 radical (unpaired) electrons. The monoisotopic (exact) mass is 180 g/mol. The minimum atomic E-state index is 0.0463. The molecule has 1 amide bonds. The number of amides is 1. The SMILES string of the molecule is Cn1nccc1C(=O)N1CCNC1. The Bertz CT molecular complexity index is 314. The van der Waals surface area contributed by atoms with E-state index in [4.69, 9.17) is 0 Å². The summed E-state index contributed by atoms with van der Waals surface area (Å²) in [5.74, 6) is 0.0463. The Labute approximate surface area is 76.3 Å². The van der Waals surface area contributed by atoms with Crippen LogP contribution < -0.4 is 5.32 Å². The van der Waals surface area contributed by atoms with E-state index in [1.807, 2.05) is 0 Å². The van der Waals surface area contributed by atoms with Gasteiger partial charge in [0.15, 0.2) is 0 Å². The third kappa shape index (κ3) is 1.42. The van der Waals surface area contributed by atoms with Crippen LogP contribution in [0.3, 0.4) is 0 Å². The lowest BCUT2D eigenvalue weighted by Gasteiger charge is -2.13. The molecular weight excluding hydrogens is 168 g/mol. The zero-order chi connectivity index (χ0) is 9.26. The first-order valence-electron chi connectivity index (χ1n) is 4.27. The van der Waals surface area contributed by atoms with Crippen LogP contribution in [0.5, 0.6) is 0 Å². The molecule has 13 heavy (non-hydrogen) atoms. The van der Waals surface area contributed by atoms with Crippen LogP contribution in [-0.4, -0.2) is 40.3 Å². The zero-order valence-corrected chi connectivity index (χ0v) is 7.53. The summed E-state index contributed by atoms with van der Waals surface area (Å²) in [6.07, 6.45) is 1.64. The van der Waals surface area contributed by atoms with E-state index in [1.54, 1.807) is 28.9 Å². The topological polar surface area (TPSA) is 50.2 Å². The molecule has 1 aromatic heterocycles. The molecule has 0 aromatic carbocycles. The van der Waals surface area contributed by atoms with Gasteiger partial charge >= 0.3 is 0 Å². The number of carbonyl (C=O) groups excluding carboxylic acids is 1. The van der Waals surface area contributed by atoms with Gasteiger partial charge in [-0.25, -0.2) is 0 Å². The Morgan fingerprint density at radius 3 is 3.08 bits per heavy atom. The molecule has 5 nitrogen and oxygen atoms in total. The molecule has 2 rings (SSSR count). The fraction of sp³-hybridized carbons (Fsp3) is 0.500. The standard InChI is InChI=1S/C8H12N4O/c1-11-7(2-3-10-11)8(13)12-5-4-9-6-12/h2-3,9H,4-6H2,1H3. The van der Waals surface area contributed by atoms with Crippen molar-refractivity contribution in [1.82, 2.24) is 20.0 Å². The number of rotatable bonds is 1. The normalized spacial score (nSPS) is 16.5. The molecule has 1 aliphatic rings. The van der Waals surface area contributed by atoms with Gasteiger partial charge in [-0.15, -0.1) is 0 Å².